The highest BCUT2D eigenvalue weighted by atomic mass is 35.5. The van der Waals surface area contributed by atoms with Crippen molar-refractivity contribution in [2.45, 2.75) is 6.18 Å². The molecule has 0 radical (unpaired) electrons. The number of hydrogen-bond donors (Lipinski definition) is 1. The first-order valence-corrected chi connectivity index (χ1v) is 8.16. The summed E-state index contributed by atoms with van der Waals surface area (Å²) in [6.45, 7) is 0. The second-order valence-corrected chi connectivity index (χ2v) is 5.99. The molecule has 0 bridgehead atoms. The van der Waals surface area contributed by atoms with E-state index in [1.807, 2.05) is 16.7 Å². The van der Waals surface area contributed by atoms with Gasteiger partial charge in [0.2, 0.25) is 0 Å². The van der Waals surface area contributed by atoms with E-state index in [1.165, 1.54) is 18.3 Å². The van der Waals surface area contributed by atoms with E-state index < -0.39 is 17.6 Å². The van der Waals surface area contributed by atoms with Crippen molar-refractivity contribution in [2.24, 2.45) is 5.10 Å². The highest BCUT2D eigenvalue weighted by molar-refractivity contribution is 6.30. The number of nitrogens with zero attached hydrogens (tertiary/aromatic N) is 2. The van der Waals surface area contributed by atoms with Crippen molar-refractivity contribution in [1.82, 2.24) is 9.99 Å². The van der Waals surface area contributed by atoms with Gasteiger partial charge in [0.05, 0.1) is 17.5 Å². The van der Waals surface area contributed by atoms with Crippen LogP contribution in [-0.2, 0) is 6.18 Å². The summed E-state index contributed by atoms with van der Waals surface area (Å²) in [5.41, 5.74) is 2.72. The van der Waals surface area contributed by atoms with Gasteiger partial charge in [-0.15, -0.1) is 0 Å². The molecule has 1 heterocycles. The fourth-order valence-electron chi connectivity index (χ4n) is 2.39. The molecule has 0 aliphatic rings. The monoisotopic (exact) mass is 391 g/mol. The number of nitrogens with one attached hydrogen (secondary N) is 1. The van der Waals surface area contributed by atoms with Gasteiger partial charge in [0.1, 0.15) is 0 Å². The van der Waals surface area contributed by atoms with E-state index in [0.717, 1.165) is 17.8 Å². The van der Waals surface area contributed by atoms with E-state index in [0.29, 0.717) is 10.7 Å². The zero-order valence-electron chi connectivity index (χ0n) is 13.7. The van der Waals surface area contributed by atoms with Gasteiger partial charge in [-0.3, -0.25) is 4.79 Å². The van der Waals surface area contributed by atoms with Gasteiger partial charge >= 0.3 is 6.18 Å². The maximum Gasteiger partial charge on any atom is 0.416 e. The van der Waals surface area contributed by atoms with E-state index in [1.54, 1.807) is 30.5 Å². The molecule has 0 atom stereocenters. The molecule has 27 heavy (non-hydrogen) atoms. The molecular weight excluding hydrogens is 379 g/mol. The number of amides is 1. The van der Waals surface area contributed by atoms with Crippen molar-refractivity contribution in [2.75, 3.05) is 0 Å². The lowest BCUT2D eigenvalue weighted by Crippen LogP contribution is -2.18. The Morgan fingerprint density at radius 2 is 1.81 bits per heavy atom. The maximum absolute atomic E-state index is 12.7. The lowest BCUT2D eigenvalue weighted by Gasteiger charge is -2.08. The lowest BCUT2D eigenvalue weighted by molar-refractivity contribution is -0.137. The van der Waals surface area contributed by atoms with Crippen LogP contribution in [0.15, 0.2) is 72.0 Å². The van der Waals surface area contributed by atoms with Gasteiger partial charge in [-0.2, -0.15) is 18.3 Å². The SMILES string of the molecule is O=C(NN=Cc1cccn1-c1ccc(Cl)cc1)c1cccc(C(F)(F)F)c1. The summed E-state index contributed by atoms with van der Waals surface area (Å²) in [6, 6.07) is 14.8. The summed E-state index contributed by atoms with van der Waals surface area (Å²) in [5.74, 6) is -0.734. The lowest BCUT2D eigenvalue weighted by atomic mass is 10.1. The Hall–Kier alpha value is -3.06. The van der Waals surface area contributed by atoms with Crippen LogP contribution in [0.2, 0.25) is 5.02 Å². The van der Waals surface area contributed by atoms with Crippen molar-refractivity contribution in [3.05, 3.63) is 88.7 Å². The number of hydrogen-bond acceptors (Lipinski definition) is 2. The van der Waals surface area contributed by atoms with Gasteiger partial charge in [-0.1, -0.05) is 17.7 Å². The zero-order valence-corrected chi connectivity index (χ0v) is 14.5. The zero-order chi connectivity index (χ0) is 19.4. The van der Waals surface area contributed by atoms with E-state index >= 15 is 0 Å². The average molecular weight is 392 g/mol. The smallest absolute Gasteiger partial charge is 0.316 e. The fraction of sp³-hybridized carbons (Fsp3) is 0.0526. The maximum atomic E-state index is 12.7. The van der Waals surface area contributed by atoms with Gasteiger partial charge in [0, 0.05) is 22.5 Å². The summed E-state index contributed by atoms with van der Waals surface area (Å²) in [7, 11) is 0. The molecule has 0 unspecified atom stereocenters. The Morgan fingerprint density at radius 1 is 1.07 bits per heavy atom. The van der Waals surface area contributed by atoms with Crippen LogP contribution in [0.3, 0.4) is 0 Å². The van der Waals surface area contributed by atoms with Crippen molar-refractivity contribution in [3.63, 3.8) is 0 Å². The third kappa shape index (κ3) is 4.57. The van der Waals surface area contributed by atoms with Gasteiger partial charge in [-0.25, -0.2) is 5.43 Å². The van der Waals surface area contributed by atoms with Gasteiger partial charge in [0.25, 0.3) is 5.91 Å². The Kier molecular flexibility index (Phi) is 5.32. The molecule has 1 N–H and O–H groups in total. The molecule has 1 amide bonds. The summed E-state index contributed by atoms with van der Waals surface area (Å²) in [6.07, 6.45) is -1.31. The predicted molar refractivity (Wildman–Crippen MR) is 97.3 cm³/mol. The first-order chi connectivity index (χ1) is 12.8. The van der Waals surface area contributed by atoms with Gasteiger partial charge in [0.15, 0.2) is 0 Å². The number of benzene rings is 2. The highest BCUT2D eigenvalue weighted by Gasteiger charge is 2.30. The molecule has 3 rings (SSSR count). The van der Waals surface area contributed by atoms with E-state index in [2.05, 4.69) is 10.5 Å². The number of hydrazone groups is 1. The minimum absolute atomic E-state index is 0.130. The third-order valence-corrected chi connectivity index (χ3v) is 3.95. The van der Waals surface area contributed by atoms with Crippen molar-refractivity contribution in [1.29, 1.82) is 0 Å². The molecule has 3 aromatic rings. The summed E-state index contributed by atoms with van der Waals surface area (Å²) < 4.78 is 40.0. The van der Waals surface area contributed by atoms with Crippen molar-refractivity contribution in [3.8, 4) is 5.69 Å². The standard InChI is InChI=1S/C19H13ClF3N3O/c20-15-6-8-16(9-7-15)26-10-2-5-17(26)12-24-25-18(27)13-3-1-4-14(11-13)19(21,22)23/h1-12H,(H,25,27). The molecule has 4 nitrogen and oxygen atoms in total. The second-order valence-electron chi connectivity index (χ2n) is 5.56. The van der Waals surface area contributed by atoms with Crippen molar-refractivity contribution >= 4 is 23.7 Å². The van der Waals surface area contributed by atoms with E-state index in [-0.39, 0.29) is 5.56 Å². The van der Waals surface area contributed by atoms with Crippen LogP contribution in [0.1, 0.15) is 21.6 Å². The summed E-state index contributed by atoms with van der Waals surface area (Å²) in [5, 5.41) is 4.44. The van der Waals surface area contributed by atoms with Crippen LogP contribution >= 0.6 is 11.6 Å². The molecule has 8 heteroatoms. The van der Waals surface area contributed by atoms with Crippen LogP contribution in [0, 0.1) is 0 Å². The van der Waals surface area contributed by atoms with Gasteiger partial charge < -0.3 is 4.57 Å². The molecule has 0 aliphatic carbocycles. The Balaban J connectivity index is 1.73. The van der Waals surface area contributed by atoms with Crippen LogP contribution in [0.4, 0.5) is 13.2 Å². The van der Waals surface area contributed by atoms with E-state index in [4.69, 9.17) is 11.6 Å². The van der Waals surface area contributed by atoms with E-state index in [9.17, 15) is 18.0 Å². The molecule has 0 spiro atoms. The average Bonchev–Trinajstić information content (AvgIpc) is 3.10. The first kappa shape index (κ1) is 18.7. The van der Waals surface area contributed by atoms with Crippen LogP contribution in [0.25, 0.3) is 5.69 Å². The highest BCUT2D eigenvalue weighted by Crippen LogP contribution is 2.29. The first-order valence-electron chi connectivity index (χ1n) is 7.78. The molecular formula is C19H13ClF3N3O. The molecule has 0 fully saturated rings. The fourth-order valence-corrected chi connectivity index (χ4v) is 2.52. The molecule has 1 aromatic heterocycles. The number of carbonyl (C=O) groups is 1. The second kappa shape index (κ2) is 7.67. The number of halogens is 4. The number of rotatable bonds is 4. The van der Waals surface area contributed by atoms with Gasteiger partial charge in [-0.05, 0) is 54.6 Å². The topological polar surface area (TPSA) is 46.4 Å². The molecule has 0 saturated heterocycles. The molecule has 2 aromatic carbocycles. The van der Waals surface area contributed by atoms with Crippen LogP contribution in [-0.4, -0.2) is 16.7 Å². The number of carbonyl (C=O) groups excluding carboxylic acids is 1. The normalized spacial score (nSPS) is 11.7. The van der Waals surface area contributed by atoms with Crippen LogP contribution < -0.4 is 5.43 Å². The summed E-state index contributed by atoms with van der Waals surface area (Å²) in [4.78, 5) is 12.0. The Bertz CT molecular complexity index is 978. The number of alkyl halides is 3. The molecule has 0 saturated carbocycles. The Labute approximate surface area is 157 Å². The Morgan fingerprint density at radius 3 is 2.52 bits per heavy atom. The molecule has 138 valence electrons. The molecule has 0 aliphatic heterocycles. The summed E-state index contributed by atoms with van der Waals surface area (Å²) >= 11 is 5.88. The minimum atomic E-state index is -4.51. The van der Waals surface area contributed by atoms with Crippen LogP contribution in [0.5, 0.6) is 0 Å². The third-order valence-electron chi connectivity index (χ3n) is 3.70. The minimum Gasteiger partial charge on any atom is -0.316 e. The quantitative estimate of drug-likeness (QED) is 0.498. The number of aromatic nitrogens is 1. The predicted octanol–water partition coefficient (Wildman–Crippen LogP) is 4.91. The van der Waals surface area contributed by atoms with Crippen molar-refractivity contribution < 1.29 is 18.0 Å². The largest absolute Gasteiger partial charge is 0.416 e.